The van der Waals surface area contributed by atoms with Crippen LogP contribution in [0.4, 0.5) is 5.69 Å². The summed E-state index contributed by atoms with van der Waals surface area (Å²) in [6.45, 7) is 6.44. The second-order valence-electron chi connectivity index (χ2n) is 6.35. The van der Waals surface area contributed by atoms with Gasteiger partial charge in [-0.1, -0.05) is 0 Å². The molecule has 0 radical (unpaired) electrons. The van der Waals surface area contributed by atoms with Gasteiger partial charge in [-0.25, -0.2) is 0 Å². The Balaban J connectivity index is 1.71. The number of hydrogen-bond acceptors (Lipinski definition) is 4. The molecule has 3 rings (SSSR count). The van der Waals surface area contributed by atoms with Gasteiger partial charge in [0.15, 0.2) is 0 Å². The summed E-state index contributed by atoms with van der Waals surface area (Å²) in [6.07, 6.45) is 4.09. The third-order valence-electron chi connectivity index (χ3n) is 4.71. The highest BCUT2D eigenvalue weighted by Crippen LogP contribution is 2.36. The molecule has 4 nitrogen and oxygen atoms in total. The van der Waals surface area contributed by atoms with Crippen molar-refractivity contribution in [2.75, 3.05) is 25.6 Å². The molecule has 2 aliphatic rings. The molecule has 1 spiro atoms. The lowest BCUT2D eigenvalue weighted by molar-refractivity contribution is -0.155. The average molecular weight is 291 g/mol. The Morgan fingerprint density at radius 2 is 1.90 bits per heavy atom. The molecule has 0 saturated carbocycles. The molecule has 2 aliphatic heterocycles. The summed E-state index contributed by atoms with van der Waals surface area (Å²) in [6, 6.07) is 4.05. The van der Waals surface area contributed by atoms with E-state index in [2.05, 4.69) is 13.0 Å². The van der Waals surface area contributed by atoms with Crippen molar-refractivity contribution in [3.63, 3.8) is 0 Å². The van der Waals surface area contributed by atoms with Crippen LogP contribution in [0.15, 0.2) is 12.1 Å². The summed E-state index contributed by atoms with van der Waals surface area (Å²) in [5.74, 6) is 0.954. The number of nitrogens with two attached hydrogens (primary N) is 1. The molecule has 0 aliphatic carbocycles. The Bertz CT molecular complexity index is 503. The average Bonchev–Trinajstić information content (AvgIpc) is 2.46. The van der Waals surface area contributed by atoms with Crippen molar-refractivity contribution in [1.29, 1.82) is 0 Å². The summed E-state index contributed by atoms with van der Waals surface area (Å²) in [4.78, 5) is 0. The van der Waals surface area contributed by atoms with Crippen molar-refractivity contribution in [3.8, 4) is 5.75 Å². The van der Waals surface area contributed by atoms with Gasteiger partial charge in [0.2, 0.25) is 0 Å². The molecule has 4 heteroatoms. The number of ether oxygens (including phenoxy) is 3. The Labute approximate surface area is 126 Å². The van der Waals surface area contributed by atoms with Crippen LogP contribution in [0, 0.1) is 13.8 Å². The third kappa shape index (κ3) is 3.16. The molecule has 116 valence electrons. The van der Waals surface area contributed by atoms with Gasteiger partial charge in [0, 0.05) is 31.7 Å². The zero-order valence-electron chi connectivity index (χ0n) is 13.0. The van der Waals surface area contributed by atoms with Gasteiger partial charge in [0.25, 0.3) is 0 Å². The predicted octanol–water partition coefficient (Wildman–Crippen LogP) is 2.99. The zero-order valence-corrected chi connectivity index (χ0v) is 13.0. The van der Waals surface area contributed by atoms with Crippen LogP contribution in [0.1, 0.15) is 36.8 Å². The lowest BCUT2D eigenvalue weighted by Gasteiger charge is -2.43. The normalized spacial score (nSPS) is 25.0. The van der Waals surface area contributed by atoms with Gasteiger partial charge >= 0.3 is 0 Å². The van der Waals surface area contributed by atoms with Crippen LogP contribution in [0.2, 0.25) is 0 Å². The van der Waals surface area contributed by atoms with Crippen LogP contribution in [-0.2, 0) is 9.47 Å². The Hall–Kier alpha value is -1.26. The number of nitrogen functional groups attached to an aromatic ring is 1. The van der Waals surface area contributed by atoms with Gasteiger partial charge in [-0.2, -0.15) is 0 Å². The summed E-state index contributed by atoms with van der Waals surface area (Å²) in [7, 11) is 0. The van der Waals surface area contributed by atoms with Gasteiger partial charge in [-0.3, -0.25) is 0 Å². The van der Waals surface area contributed by atoms with Crippen LogP contribution in [0.5, 0.6) is 5.75 Å². The molecule has 2 heterocycles. The fraction of sp³-hybridized carbons (Fsp3) is 0.647. The van der Waals surface area contributed by atoms with E-state index in [4.69, 9.17) is 19.9 Å². The fourth-order valence-electron chi connectivity index (χ4n) is 3.29. The van der Waals surface area contributed by atoms with Crippen molar-refractivity contribution in [1.82, 2.24) is 0 Å². The van der Waals surface area contributed by atoms with Gasteiger partial charge < -0.3 is 19.9 Å². The van der Waals surface area contributed by atoms with Crippen molar-refractivity contribution in [2.24, 2.45) is 0 Å². The second-order valence-corrected chi connectivity index (χ2v) is 6.35. The molecule has 2 saturated heterocycles. The van der Waals surface area contributed by atoms with Gasteiger partial charge in [-0.05, 0) is 49.9 Å². The number of rotatable bonds is 2. The Kier molecular flexibility index (Phi) is 4.09. The van der Waals surface area contributed by atoms with E-state index in [9.17, 15) is 0 Å². The van der Waals surface area contributed by atoms with E-state index in [0.29, 0.717) is 0 Å². The highest BCUT2D eigenvalue weighted by molar-refractivity contribution is 5.53. The zero-order chi connectivity index (χ0) is 14.9. The number of benzene rings is 1. The standard InChI is InChI=1S/C17H25NO3/c1-12-10-16(13(2)9-15(12)18)21-14-3-6-20-17(11-14)4-7-19-8-5-17/h9-10,14H,3-8,11,18H2,1-2H3. The molecule has 1 aromatic carbocycles. The monoisotopic (exact) mass is 291 g/mol. The number of aryl methyl sites for hydroxylation is 2. The highest BCUT2D eigenvalue weighted by Gasteiger charge is 2.39. The number of anilines is 1. The first-order chi connectivity index (χ1) is 10.1. The molecule has 2 fully saturated rings. The molecule has 0 amide bonds. The molecule has 1 aromatic rings. The molecule has 1 atom stereocenters. The largest absolute Gasteiger partial charge is 0.490 e. The smallest absolute Gasteiger partial charge is 0.123 e. The minimum Gasteiger partial charge on any atom is -0.490 e. The first-order valence-electron chi connectivity index (χ1n) is 7.83. The predicted molar refractivity (Wildman–Crippen MR) is 82.7 cm³/mol. The molecule has 21 heavy (non-hydrogen) atoms. The minimum atomic E-state index is -0.0298. The quantitative estimate of drug-likeness (QED) is 0.851. The van der Waals surface area contributed by atoms with Crippen LogP contribution < -0.4 is 10.5 Å². The van der Waals surface area contributed by atoms with Crippen LogP contribution >= 0.6 is 0 Å². The lowest BCUT2D eigenvalue weighted by atomic mass is 9.85. The van der Waals surface area contributed by atoms with Crippen molar-refractivity contribution in [2.45, 2.75) is 51.2 Å². The molecule has 0 bridgehead atoms. The SMILES string of the molecule is Cc1cc(OC2CCOC3(CCOCC3)C2)c(C)cc1N. The molecular formula is C17H25NO3. The van der Waals surface area contributed by atoms with Crippen molar-refractivity contribution < 1.29 is 14.2 Å². The van der Waals surface area contributed by atoms with Crippen molar-refractivity contribution >= 4 is 5.69 Å². The van der Waals surface area contributed by atoms with E-state index in [1.54, 1.807) is 0 Å². The Morgan fingerprint density at radius 3 is 2.67 bits per heavy atom. The first kappa shape index (κ1) is 14.7. The van der Waals surface area contributed by atoms with E-state index >= 15 is 0 Å². The van der Waals surface area contributed by atoms with Crippen molar-refractivity contribution in [3.05, 3.63) is 23.3 Å². The van der Waals surface area contributed by atoms with E-state index < -0.39 is 0 Å². The summed E-state index contributed by atoms with van der Waals surface area (Å²) in [5.41, 5.74) is 8.92. The fourth-order valence-corrected chi connectivity index (χ4v) is 3.29. The van der Waals surface area contributed by atoms with E-state index in [1.807, 2.05) is 13.0 Å². The van der Waals surface area contributed by atoms with Gasteiger partial charge in [0.05, 0.1) is 12.2 Å². The van der Waals surface area contributed by atoms with E-state index in [1.165, 1.54) is 0 Å². The minimum absolute atomic E-state index is 0.0298. The van der Waals surface area contributed by atoms with Gasteiger partial charge in [0.1, 0.15) is 11.9 Å². The topological polar surface area (TPSA) is 53.7 Å². The third-order valence-corrected chi connectivity index (χ3v) is 4.71. The van der Waals surface area contributed by atoms with E-state index in [0.717, 1.165) is 68.1 Å². The summed E-state index contributed by atoms with van der Waals surface area (Å²) in [5, 5.41) is 0. The maximum Gasteiger partial charge on any atom is 0.123 e. The van der Waals surface area contributed by atoms with Gasteiger partial charge in [-0.15, -0.1) is 0 Å². The maximum absolute atomic E-state index is 6.27. The second kappa shape index (κ2) is 5.85. The van der Waals surface area contributed by atoms with Crippen LogP contribution in [0.3, 0.4) is 0 Å². The van der Waals surface area contributed by atoms with E-state index in [-0.39, 0.29) is 11.7 Å². The van der Waals surface area contributed by atoms with Crippen LogP contribution in [0.25, 0.3) is 0 Å². The molecular weight excluding hydrogens is 266 g/mol. The molecule has 2 N–H and O–H groups in total. The molecule has 1 unspecified atom stereocenters. The summed E-state index contributed by atoms with van der Waals surface area (Å²) >= 11 is 0. The summed E-state index contributed by atoms with van der Waals surface area (Å²) < 4.78 is 17.8. The molecule has 0 aromatic heterocycles. The lowest BCUT2D eigenvalue weighted by Crippen LogP contribution is -2.47. The number of hydrogen-bond donors (Lipinski definition) is 1. The van der Waals surface area contributed by atoms with Crippen LogP contribution in [-0.4, -0.2) is 31.5 Å². The maximum atomic E-state index is 6.27. The highest BCUT2D eigenvalue weighted by atomic mass is 16.5. The first-order valence-corrected chi connectivity index (χ1v) is 7.83. The Morgan fingerprint density at radius 1 is 1.14 bits per heavy atom.